The smallest absolute Gasteiger partial charge is 0.123 e. The fourth-order valence-corrected chi connectivity index (χ4v) is 1.40. The van der Waals surface area contributed by atoms with E-state index in [1.54, 1.807) is 6.07 Å². The largest absolute Gasteiger partial charge is 0.508 e. The van der Waals surface area contributed by atoms with Crippen molar-refractivity contribution in [3.8, 4) is 11.5 Å². The molecule has 90 valence electrons. The quantitative estimate of drug-likeness (QED) is 0.551. The normalized spacial score (nSPS) is 12.6. The first kappa shape index (κ1) is 12.8. The van der Waals surface area contributed by atoms with Gasteiger partial charge in [-0.3, -0.25) is 0 Å². The van der Waals surface area contributed by atoms with Crippen LogP contribution in [0.15, 0.2) is 18.2 Å². The van der Waals surface area contributed by atoms with Crippen molar-refractivity contribution in [2.45, 2.75) is 32.4 Å². The number of aromatic hydroxyl groups is 2. The number of phenols is 2. The highest BCUT2D eigenvalue weighted by Crippen LogP contribution is 2.22. The van der Waals surface area contributed by atoms with Crippen LogP contribution in [0.1, 0.15) is 25.3 Å². The van der Waals surface area contributed by atoms with Crippen molar-refractivity contribution in [2.75, 3.05) is 6.54 Å². The van der Waals surface area contributed by atoms with Gasteiger partial charge in [0.2, 0.25) is 0 Å². The van der Waals surface area contributed by atoms with Crippen molar-refractivity contribution in [3.05, 3.63) is 23.8 Å². The third-order valence-corrected chi connectivity index (χ3v) is 2.51. The predicted octanol–water partition coefficient (Wildman–Crippen LogP) is 1.35. The lowest BCUT2D eigenvalue weighted by molar-refractivity contribution is 0.159. The van der Waals surface area contributed by atoms with E-state index in [2.05, 4.69) is 5.32 Å². The molecule has 4 nitrogen and oxygen atoms in total. The van der Waals surface area contributed by atoms with Crippen LogP contribution in [0.5, 0.6) is 11.5 Å². The highest BCUT2D eigenvalue weighted by molar-refractivity contribution is 5.38. The summed E-state index contributed by atoms with van der Waals surface area (Å²) < 4.78 is 0. The molecule has 0 amide bonds. The number of aliphatic hydroxyl groups is 1. The molecule has 16 heavy (non-hydrogen) atoms. The molecule has 0 aliphatic rings. The van der Waals surface area contributed by atoms with E-state index in [0.29, 0.717) is 19.5 Å². The maximum atomic E-state index is 9.50. The molecular weight excluding hydrogens is 206 g/mol. The van der Waals surface area contributed by atoms with Crippen molar-refractivity contribution in [1.29, 1.82) is 0 Å². The molecule has 0 saturated carbocycles. The third kappa shape index (κ3) is 4.08. The average Bonchev–Trinajstić information content (AvgIpc) is 2.26. The number of nitrogens with one attached hydrogen (secondary N) is 1. The number of rotatable bonds is 6. The van der Waals surface area contributed by atoms with Crippen molar-refractivity contribution in [3.63, 3.8) is 0 Å². The topological polar surface area (TPSA) is 72.7 Å². The summed E-state index contributed by atoms with van der Waals surface area (Å²) in [6.45, 7) is 3.17. The Bertz CT molecular complexity index is 328. The van der Waals surface area contributed by atoms with Gasteiger partial charge < -0.3 is 20.6 Å². The third-order valence-electron chi connectivity index (χ3n) is 2.51. The van der Waals surface area contributed by atoms with Gasteiger partial charge >= 0.3 is 0 Å². The Morgan fingerprint density at radius 1 is 1.31 bits per heavy atom. The minimum absolute atomic E-state index is 0.0580. The van der Waals surface area contributed by atoms with Gasteiger partial charge in [0.1, 0.15) is 11.5 Å². The Morgan fingerprint density at radius 2 is 2.06 bits per heavy atom. The average molecular weight is 225 g/mol. The standard InChI is InChI=1S/C12H19NO3/c1-2-10(14)5-6-13-8-9-3-4-11(15)7-12(9)16/h3-4,7,10,13-16H,2,5-6,8H2,1H3. The van der Waals surface area contributed by atoms with Crippen LogP contribution >= 0.6 is 0 Å². The van der Waals surface area contributed by atoms with Gasteiger partial charge in [-0.2, -0.15) is 0 Å². The number of benzene rings is 1. The zero-order valence-electron chi connectivity index (χ0n) is 9.48. The van der Waals surface area contributed by atoms with E-state index in [9.17, 15) is 10.2 Å². The zero-order valence-corrected chi connectivity index (χ0v) is 9.48. The van der Waals surface area contributed by atoms with Crippen LogP contribution in [0.3, 0.4) is 0 Å². The van der Waals surface area contributed by atoms with Crippen LogP contribution < -0.4 is 5.32 Å². The number of phenolic OH excluding ortho intramolecular Hbond substituents is 2. The summed E-state index contributed by atoms with van der Waals surface area (Å²) in [5.41, 5.74) is 0.740. The lowest BCUT2D eigenvalue weighted by atomic mass is 10.1. The Morgan fingerprint density at radius 3 is 2.69 bits per heavy atom. The molecule has 1 atom stereocenters. The molecule has 4 N–H and O–H groups in total. The molecule has 4 heteroatoms. The summed E-state index contributed by atoms with van der Waals surface area (Å²) in [5, 5.41) is 31.0. The first-order valence-electron chi connectivity index (χ1n) is 5.53. The molecule has 0 spiro atoms. The summed E-state index contributed by atoms with van der Waals surface area (Å²) in [5.74, 6) is 0.145. The minimum atomic E-state index is -0.263. The van der Waals surface area contributed by atoms with Gasteiger partial charge in [-0.05, 0) is 25.5 Å². The Hall–Kier alpha value is -1.26. The number of hydrogen-bond donors (Lipinski definition) is 4. The highest BCUT2D eigenvalue weighted by atomic mass is 16.3. The van der Waals surface area contributed by atoms with E-state index in [4.69, 9.17) is 5.11 Å². The SMILES string of the molecule is CCC(O)CCNCc1ccc(O)cc1O. The van der Waals surface area contributed by atoms with Gasteiger partial charge in [0, 0.05) is 18.2 Å². The van der Waals surface area contributed by atoms with Crippen LogP contribution in [0.2, 0.25) is 0 Å². The number of hydrogen-bond acceptors (Lipinski definition) is 4. The summed E-state index contributed by atoms with van der Waals surface area (Å²) in [6, 6.07) is 4.53. The fraction of sp³-hybridized carbons (Fsp3) is 0.500. The minimum Gasteiger partial charge on any atom is -0.508 e. The van der Waals surface area contributed by atoms with Gasteiger partial charge in [-0.25, -0.2) is 0 Å². The lowest BCUT2D eigenvalue weighted by Crippen LogP contribution is -2.19. The molecular formula is C12H19NO3. The van der Waals surface area contributed by atoms with Crippen molar-refractivity contribution in [1.82, 2.24) is 5.32 Å². The van der Waals surface area contributed by atoms with Gasteiger partial charge in [-0.15, -0.1) is 0 Å². The van der Waals surface area contributed by atoms with Gasteiger partial charge in [0.05, 0.1) is 6.10 Å². The highest BCUT2D eigenvalue weighted by Gasteiger charge is 2.03. The van der Waals surface area contributed by atoms with E-state index in [1.807, 2.05) is 6.92 Å². The van der Waals surface area contributed by atoms with Crippen molar-refractivity contribution in [2.24, 2.45) is 0 Å². The second kappa shape index (κ2) is 6.35. The molecule has 0 bridgehead atoms. The second-order valence-corrected chi connectivity index (χ2v) is 3.84. The lowest BCUT2D eigenvalue weighted by Gasteiger charge is -2.09. The summed E-state index contributed by atoms with van der Waals surface area (Å²) in [6.07, 6.45) is 1.20. The zero-order chi connectivity index (χ0) is 12.0. The molecule has 0 aliphatic carbocycles. The number of aliphatic hydroxyl groups excluding tert-OH is 1. The molecule has 0 saturated heterocycles. The summed E-state index contributed by atoms with van der Waals surface area (Å²) in [7, 11) is 0. The van der Waals surface area contributed by atoms with E-state index in [0.717, 1.165) is 12.0 Å². The van der Waals surface area contributed by atoms with E-state index in [-0.39, 0.29) is 17.6 Å². The molecule has 1 aromatic carbocycles. The molecule has 0 aliphatic heterocycles. The van der Waals surface area contributed by atoms with E-state index in [1.165, 1.54) is 12.1 Å². The van der Waals surface area contributed by atoms with E-state index < -0.39 is 0 Å². The Balaban J connectivity index is 2.32. The van der Waals surface area contributed by atoms with Gasteiger partial charge in [0.15, 0.2) is 0 Å². The van der Waals surface area contributed by atoms with Crippen LogP contribution in [0, 0.1) is 0 Å². The van der Waals surface area contributed by atoms with Crippen LogP contribution in [0.4, 0.5) is 0 Å². The molecule has 1 aromatic rings. The fourth-order valence-electron chi connectivity index (χ4n) is 1.40. The molecule has 0 heterocycles. The van der Waals surface area contributed by atoms with Crippen LogP contribution in [0.25, 0.3) is 0 Å². The maximum Gasteiger partial charge on any atom is 0.123 e. The van der Waals surface area contributed by atoms with Crippen LogP contribution in [-0.2, 0) is 6.54 Å². The summed E-state index contributed by atoms with van der Waals surface area (Å²) >= 11 is 0. The van der Waals surface area contributed by atoms with Crippen LogP contribution in [-0.4, -0.2) is 28.0 Å². The molecule has 1 rings (SSSR count). The van der Waals surface area contributed by atoms with Crippen molar-refractivity contribution >= 4 is 0 Å². The first-order valence-corrected chi connectivity index (χ1v) is 5.53. The summed E-state index contributed by atoms with van der Waals surface area (Å²) in [4.78, 5) is 0. The van der Waals surface area contributed by atoms with Gasteiger partial charge in [-0.1, -0.05) is 13.0 Å². The molecule has 0 radical (unpaired) electrons. The molecule has 1 unspecified atom stereocenters. The molecule has 0 fully saturated rings. The first-order chi connectivity index (χ1) is 7.63. The van der Waals surface area contributed by atoms with E-state index >= 15 is 0 Å². The monoisotopic (exact) mass is 225 g/mol. The second-order valence-electron chi connectivity index (χ2n) is 3.84. The Labute approximate surface area is 95.6 Å². The van der Waals surface area contributed by atoms with Gasteiger partial charge in [0.25, 0.3) is 0 Å². The predicted molar refractivity (Wildman–Crippen MR) is 62.4 cm³/mol. The van der Waals surface area contributed by atoms with Crippen molar-refractivity contribution < 1.29 is 15.3 Å². The molecule has 0 aromatic heterocycles. The maximum absolute atomic E-state index is 9.50. The Kier molecular flexibility index (Phi) is 5.08.